The third kappa shape index (κ3) is 4.35. The van der Waals surface area contributed by atoms with Crippen LogP contribution in [-0.2, 0) is 9.59 Å². The van der Waals surface area contributed by atoms with Crippen LogP contribution in [0.4, 0.5) is 11.4 Å². The first-order valence-electron chi connectivity index (χ1n) is 4.78. The molecule has 0 saturated carbocycles. The summed E-state index contributed by atoms with van der Waals surface area (Å²) < 4.78 is 0. The highest BCUT2D eigenvalue weighted by Gasteiger charge is 2.01. The van der Waals surface area contributed by atoms with Gasteiger partial charge < -0.3 is 10.6 Å². The van der Waals surface area contributed by atoms with Crippen LogP contribution in [0, 0.1) is 0 Å². The lowest BCUT2D eigenvalue weighted by molar-refractivity contribution is -0.114. The van der Waals surface area contributed by atoms with E-state index in [1.54, 1.807) is 24.3 Å². The van der Waals surface area contributed by atoms with Crippen LogP contribution < -0.4 is 10.6 Å². The van der Waals surface area contributed by atoms with Crippen molar-refractivity contribution in [3.8, 4) is 0 Å². The maximum Gasteiger partial charge on any atom is 0.234 e. The summed E-state index contributed by atoms with van der Waals surface area (Å²) in [6, 6.07) is 7.00. The highest BCUT2D eigenvalue weighted by atomic mass is 32.2. The molecule has 0 bridgehead atoms. The Labute approximate surface area is 98.8 Å². The Morgan fingerprint density at radius 1 is 1.12 bits per heavy atom. The zero-order valence-electron chi connectivity index (χ0n) is 9.24. The van der Waals surface area contributed by atoms with Gasteiger partial charge in [0.05, 0.1) is 5.75 Å². The summed E-state index contributed by atoms with van der Waals surface area (Å²) in [4.78, 5) is 22.1. The van der Waals surface area contributed by atoms with Crippen LogP contribution in [0.3, 0.4) is 0 Å². The van der Waals surface area contributed by atoms with Gasteiger partial charge in [0.15, 0.2) is 0 Å². The van der Waals surface area contributed by atoms with Gasteiger partial charge in [-0.2, -0.15) is 11.8 Å². The van der Waals surface area contributed by atoms with Crippen molar-refractivity contribution in [2.24, 2.45) is 0 Å². The normalized spacial score (nSPS) is 9.62. The molecule has 2 N–H and O–H groups in total. The molecule has 2 amide bonds. The molecule has 0 radical (unpaired) electrons. The Balaban J connectivity index is 2.57. The Morgan fingerprint density at radius 3 is 2.06 bits per heavy atom. The maximum atomic E-state index is 11.3. The Morgan fingerprint density at radius 2 is 1.62 bits per heavy atom. The molecular weight excluding hydrogens is 224 g/mol. The van der Waals surface area contributed by atoms with Crippen molar-refractivity contribution in [1.82, 2.24) is 0 Å². The largest absolute Gasteiger partial charge is 0.326 e. The van der Waals surface area contributed by atoms with Crippen LogP contribution in [0.25, 0.3) is 0 Å². The quantitative estimate of drug-likeness (QED) is 0.843. The zero-order valence-corrected chi connectivity index (χ0v) is 10.1. The molecule has 0 aliphatic heterocycles. The predicted octanol–water partition coefficient (Wildman–Crippen LogP) is 1.95. The molecular formula is C11H14N2O2S. The number of rotatable bonds is 4. The van der Waals surface area contributed by atoms with Crippen molar-refractivity contribution in [2.75, 3.05) is 22.6 Å². The number of hydrogen-bond acceptors (Lipinski definition) is 3. The molecule has 0 spiro atoms. The molecule has 0 aliphatic rings. The Bertz CT molecular complexity index is 376. The molecule has 4 nitrogen and oxygen atoms in total. The van der Waals surface area contributed by atoms with Crippen LogP contribution in [0.1, 0.15) is 6.92 Å². The van der Waals surface area contributed by atoms with Gasteiger partial charge in [0.1, 0.15) is 0 Å². The van der Waals surface area contributed by atoms with E-state index in [1.807, 2.05) is 6.26 Å². The molecule has 0 aliphatic carbocycles. The maximum absolute atomic E-state index is 11.3. The van der Waals surface area contributed by atoms with Gasteiger partial charge in [-0.3, -0.25) is 9.59 Å². The fourth-order valence-corrected chi connectivity index (χ4v) is 1.50. The van der Waals surface area contributed by atoms with E-state index in [2.05, 4.69) is 10.6 Å². The number of nitrogens with one attached hydrogen (secondary N) is 2. The average molecular weight is 238 g/mol. The lowest BCUT2D eigenvalue weighted by Crippen LogP contribution is -2.13. The minimum Gasteiger partial charge on any atom is -0.326 e. The molecule has 0 aromatic heterocycles. The van der Waals surface area contributed by atoms with Crippen molar-refractivity contribution in [3.05, 3.63) is 24.3 Å². The van der Waals surface area contributed by atoms with Crippen LogP contribution >= 0.6 is 11.8 Å². The second-order valence-electron chi connectivity index (χ2n) is 3.24. The smallest absolute Gasteiger partial charge is 0.234 e. The van der Waals surface area contributed by atoms with Gasteiger partial charge in [-0.25, -0.2) is 0 Å². The molecule has 1 aromatic rings. The third-order valence-electron chi connectivity index (χ3n) is 1.76. The number of hydrogen-bond donors (Lipinski definition) is 2. The van der Waals surface area contributed by atoms with Crippen molar-refractivity contribution in [1.29, 1.82) is 0 Å². The summed E-state index contributed by atoms with van der Waals surface area (Å²) in [6.07, 6.45) is 1.87. The van der Waals surface area contributed by atoms with E-state index in [4.69, 9.17) is 0 Å². The van der Waals surface area contributed by atoms with Crippen LogP contribution in [0.5, 0.6) is 0 Å². The van der Waals surface area contributed by atoms with E-state index in [0.717, 1.165) is 11.4 Å². The summed E-state index contributed by atoms with van der Waals surface area (Å²) >= 11 is 1.47. The second-order valence-corrected chi connectivity index (χ2v) is 4.11. The van der Waals surface area contributed by atoms with Crippen molar-refractivity contribution < 1.29 is 9.59 Å². The van der Waals surface area contributed by atoms with E-state index in [1.165, 1.54) is 18.7 Å². The Kier molecular flexibility index (Phi) is 4.85. The molecule has 0 unspecified atom stereocenters. The van der Waals surface area contributed by atoms with E-state index in [0.29, 0.717) is 5.75 Å². The van der Waals surface area contributed by atoms with E-state index in [-0.39, 0.29) is 11.8 Å². The standard InChI is InChI=1S/C11H14N2O2S/c1-8(14)12-9-3-5-10(6-4-9)13-11(15)7-16-2/h3-6H,7H2,1-2H3,(H,12,14)(H,13,15). The number of thioether (sulfide) groups is 1. The summed E-state index contributed by atoms with van der Waals surface area (Å²) in [5.74, 6) is 0.298. The second kappa shape index (κ2) is 6.17. The minimum absolute atomic E-state index is 0.0280. The lowest BCUT2D eigenvalue weighted by Gasteiger charge is -2.06. The zero-order chi connectivity index (χ0) is 12.0. The fourth-order valence-electron chi connectivity index (χ4n) is 1.17. The molecule has 0 fully saturated rings. The molecule has 0 atom stereocenters. The molecule has 5 heteroatoms. The number of carbonyl (C=O) groups is 2. The number of amides is 2. The first kappa shape index (κ1) is 12.6. The van der Waals surface area contributed by atoms with Gasteiger partial charge >= 0.3 is 0 Å². The van der Waals surface area contributed by atoms with Gasteiger partial charge in [-0.1, -0.05) is 0 Å². The molecule has 1 aromatic carbocycles. The van der Waals surface area contributed by atoms with Gasteiger partial charge in [-0.05, 0) is 30.5 Å². The number of anilines is 2. The van der Waals surface area contributed by atoms with E-state index < -0.39 is 0 Å². The predicted molar refractivity (Wildman–Crippen MR) is 67.8 cm³/mol. The number of carbonyl (C=O) groups excluding carboxylic acids is 2. The van der Waals surface area contributed by atoms with Crippen molar-refractivity contribution >= 4 is 35.0 Å². The first-order valence-corrected chi connectivity index (χ1v) is 6.17. The van der Waals surface area contributed by atoms with Gasteiger partial charge in [0.25, 0.3) is 0 Å². The SMILES string of the molecule is CSCC(=O)Nc1ccc(NC(C)=O)cc1. The Hall–Kier alpha value is -1.49. The first-order chi connectivity index (χ1) is 7.61. The summed E-state index contributed by atoms with van der Waals surface area (Å²) in [5, 5.41) is 5.41. The molecule has 0 heterocycles. The van der Waals surface area contributed by atoms with E-state index >= 15 is 0 Å². The van der Waals surface area contributed by atoms with E-state index in [9.17, 15) is 9.59 Å². The van der Waals surface area contributed by atoms with Gasteiger partial charge in [-0.15, -0.1) is 0 Å². The number of benzene rings is 1. The minimum atomic E-state index is -0.112. The topological polar surface area (TPSA) is 58.2 Å². The van der Waals surface area contributed by atoms with Crippen molar-refractivity contribution in [2.45, 2.75) is 6.92 Å². The monoisotopic (exact) mass is 238 g/mol. The van der Waals surface area contributed by atoms with Crippen LogP contribution in [-0.4, -0.2) is 23.8 Å². The summed E-state index contributed by atoms with van der Waals surface area (Å²) in [5.41, 5.74) is 1.45. The van der Waals surface area contributed by atoms with Crippen LogP contribution in [0.2, 0.25) is 0 Å². The fraction of sp³-hybridized carbons (Fsp3) is 0.273. The lowest BCUT2D eigenvalue weighted by atomic mass is 10.3. The molecule has 86 valence electrons. The highest BCUT2D eigenvalue weighted by molar-refractivity contribution is 7.99. The highest BCUT2D eigenvalue weighted by Crippen LogP contribution is 2.13. The summed E-state index contributed by atoms with van der Waals surface area (Å²) in [6.45, 7) is 1.45. The molecule has 0 saturated heterocycles. The average Bonchev–Trinajstić information content (AvgIpc) is 2.20. The molecule has 16 heavy (non-hydrogen) atoms. The third-order valence-corrected chi connectivity index (χ3v) is 2.32. The van der Waals surface area contributed by atoms with Gasteiger partial charge in [0.2, 0.25) is 11.8 Å². The van der Waals surface area contributed by atoms with Gasteiger partial charge in [0, 0.05) is 18.3 Å². The van der Waals surface area contributed by atoms with Crippen LogP contribution in [0.15, 0.2) is 24.3 Å². The molecule has 1 rings (SSSR count). The van der Waals surface area contributed by atoms with Crippen molar-refractivity contribution in [3.63, 3.8) is 0 Å². The summed E-state index contributed by atoms with van der Waals surface area (Å²) in [7, 11) is 0.